The fourth-order valence-electron chi connectivity index (χ4n) is 1.08. The molecule has 0 aliphatic heterocycles. The number of rotatable bonds is 3. The first-order chi connectivity index (χ1) is 6.15. The number of aryl methyl sites for hydroxylation is 1. The van der Waals surface area contributed by atoms with Crippen molar-refractivity contribution >= 4 is 18.1 Å². The molecule has 0 saturated carbocycles. The third kappa shape index (κ3) is 2.42. The van der Waals surface area contributed by atoms with Gasteiger partial charge in [-0.15, -0.1) is 0 Å². The minimum absolute atomic E-state index is 0.0127. The summed E-state index contributed by atoms with van der Waals surface area (Å²) in [6, 6.07) is 0. The number of aromatic amines is 1. The van der Waals surface area contributed by atoms with Gasteiger partial charge in [-0.2, -0.15) is 0 Å². The van der Waals surface area contributed by atoms with Gasteiger partial charge in [0.1, 0.15) is 6.54 Å². The van der Waals surface area contributed by atoms with Crippen LogP contribution in [0.1, 0.15) is 12.6 Å². The van der Waals surface area contributed by atoms with E-state index in [1.807, 2.05) is 13.8 Å². The number of imidazole rings is 1. The van der Waals surface area contributed by atoms with Crippen molar-refractivity contribution in [3.05, 3.63) is 16.7 Å². The van der Waals surface area contributed by atoms with Gasteiger partial charge in [0.2, 0.25) is 5.91 Å². The number of carbonyl (C=O) groups excluding carboxylic acids is 1. The highest BCUT2D eigenvalue weighted by Crippen LogP contribution is 1.98. The lowest BCUT2D eigenvalue weighted by Crippen LogP contribution is -2.27. The van der Waals surface area contributed by atoms with Gasteiger partial charge in [0, 0.05) is 18.4 Å². The Balaban J connectivity index is 2.74. The number of hydrogen-bond acceptors (Lipinski definition) is 2. The molecule has 0 atom stereocenters. The summed E-state index contributed by atoms with van der Waals surface area (Å²) >= 11 is 5.00. The summed E-state index contributed by atoms with van der Waals surface area (Å²) in [6.07, 6.45) is 1.79. The highest BCUT2D eigenvalue weighted by molar-refractivity contribution is 7.71. The first kappa shape index (κ1) is 9.98. The highest BCUT2D eigenvalue weighted by Gasteiger charge is 2.04. The topological polar surface area (TPSA) is 49.8 Å². The highest BCUT2D eigenvalue weighted by atomic mass is 32.1. The second-order valence-corrected chi connectivity index (χ2v) is 3.16. The van der Waals surface area contributed by atoms with Crippen LogP contribution in [0, 0.1) is 11.7 Å². The Bertz CT molecular complexity index is 353. The van der Waals surface area contributed by atoms with Gasteiger partial charge in [-0.05, 0) is 26.1 Å². The van der Waals surface area contributed by atoms with Gasteiger partial charge >= 0.3 is 0 Å². The van der Waals surface area contributed by atoms with Gasteiger partial charge in [0.25, 0.3) is 0 Å². The Morgan fingerprint density at radius 3 is 2.92 bits per heavy atom. The van der Waals surface area contributed by atoms with Crippen LogP contribution in [-0.4, -0.2) is 22.0 Å². The number of carbonyl (C=O) groups is 1. The van der Waals surface area contributed by atoms with E-state index < -0.39 is 0 Å². The van der Waals surface area contributed by atoms with Crippen LogP contribution in [0.3, 0.4) is 0 Å². The Labute approximate surface area is 82.0 Å². The van der Waals surface area contributed by atoms with Crippen molar-refractivity contribution in [3.63, 3.8) is 0 Å². The zero-order valence-corrected chi connectivity index (χ0v) is 8.57. The Hall–Kier alpha value is -1.10. The lowest BCUT2D eigenvalue weighted by molar-refractivity contribution is -0.121. The van der Waals surface area contributed by atoms with Crippen LogP contribution >= 0.6 is 12.2 Å². The largest absolute Gasteiger partial charge is 0.355 e. The Morgan fingerprint density at radius 2 is 2.46 bits per heavy atom. The third-order valence-electron chi connectivity index (χ3n) is 1.75. The lowest BCUT2D eigenvalue weighted by atomic mass is 10.5. The van der Waals surface area contributed by atoms with Gasteiger partial charge in [-0.1, -0.05) is 0 Å². The molecule has 0 aromatic carbocycles. The van der Waals surface area contributed by atoms with E-state index in [4.69, 9.17) is 12.2 Å². The Morgan fingerprint density at radius 1 is 1.77 bits per heavy atom. The molecule has 0 radical (unpaired) electrons. The van der Waals surface area contributed by atoms with Gasteiger partial charge in [-0.3, -0.25) is 4.79 Å². The first-order valence-electron chi connectivity index (χ1n) is 4.16. The molecule has 0 spiro atoms. The summed E-state index contributed by atoms with van der Waals surface area (Å²) in [7, 11) is 0. The van der Waals surface area contributed by atoms with Gasteiger partial charge in [0.15, 0.2) is 4.77 Å². The molecule has 0 unspecified atom stereocenters. The second kappa shape index (κ2) is 4.23. The quantitative estimate of drug-likeness (QED) is 0.713. The molecular weight excluding hydrogens is 186 g/mol. The molecule has 13 heavy (non-hydrogen) atoms. The van der Waals surface area contributed by atoms with Crippen LogP contribution in [-0.2, 0) is 11.3 Å². The summed E-state index contributed by atoms with van der Waals surface area (Å²) in [5, 5.41) is 2.72. The van der Waals surface area contributed by atoms with Crippen molar-refractivity contribution in [1.82, 2.24) is 14.9 Å². The standard InChI is InChI=1S/C8H13N3OS/c1-3-9-7(12)5-11-6(2)4-10-8(11)13/h4H,3,5H2,1-2H3,(H,9,12)(H,10,13). The van der Waals surface area contributed by atoms with E-state index in [9.17, 15) is 4.79 Å². The molecular formula is C8H13N3OS. The van der Waals surface area contributed by atoms with Crippen LogP contribution in [0.4, 0.5) is 0 Å². The van der Waals surface area contributed by atoms with E-state index in [1.165, 1.54) is 0 Å². The number of hydrogen-bond donors (Lipinski definition) is 2. The molecule has 2 N–H and O–H groups in total. The number of likely N-dealkylation sites (N-methyl/N-ethyl adjacent to an activating group) is 1. The van der Waals surface area contributed by atoms with Gasteiger partial charge < -0.3 is 14.9 Å². The molecule has 1 amide bonds. The SMILES string of the molecule is CCNC(=O)Cn1c(C)c[nH]c1=S. The zero-order chi connectivity index (χ0) is 9.84. The maximum absolute atomic E-state index is 11.2. The molecule has 5 heteroatoms. The fraction of sp³-hybridized carbons (Fsp3) is 0.500. The van der Waals surface area contributed by atoms with Crippen molar-refractivity contribution in [2.45, 2.75) is 20.4 Å². The predicted molar refractivity (Wildman–Crippen MR) is 53.0 cm³/mol. The number of H-pyrrole nitrogens is 1. The van der Waals surface area contributed by atoms with Crippen LogP contribution in [0.2, 0.25) is 0 Å². The third-order valence-corrected chi connectivity index (χ3v) is 2.09. The van der Waals surface area contributed by atoms with Crippen LogP contribution in [0.25, 0.3) is 0 Å². The maximum atomic E-state index is 11.2. The monoisotopic (exact) mass is 199 g/mol. The number of nitrogens with zero attached hydrogens (tertiary/aromatic N) is 1. The molecule has 1 rings (SSSR count). The minimum atomic E-state index is -0.0127. The molecule has 0 aliphatic rings. The Kier molecular flexibility index (Phi) is 3.25. The van der Waals surface area contributed by atoms with E-state index in [-0.39, 0.29) is 5.91 Å². The van der Waals surface area contributed by atoms with Crippen molar-refractivity contribution in [2.24, 2.45) is 0 Å². The predicted octanol–water partition coefficient (Wildman–Crippen LogP) is 0.990. The summed E-state index contributed by atoms with van der Waals surface area (Å²) < 4.78 is 2.35. The van der Waals surface area contributed by atoms with Crippen molar-refractivity contribution in [2.75, 3.05) is 6.54 Å². The van der Waals surface area contributed by atoms with E-state index in [0.717, 1.165) is 5.69 Å². The number of aromatic nitrogens is 2. The first-order valence-corrected chi connectivity index (χ1v) is 4.57. The van der Waals surface area contributed by atoms with E-state index >= 15 is 0 Å². The lowest BCUT2D eigenvalue weighted by Gasteiger charge is -2.04. The summed E-state index contributed by atoms with van der Waals surface area (Å²) in [5.41, 5.74) is 0.969. The van der Waals surface area contributed by atoms with E-state index in [2.05, 4.69) is 10.3 Å². The molecule has 0 saturated heterocycles. The van der Waals surface area contributed by atoms with Crippen molar-refractivity contribution < 1.29 is 4.79 Å². The number of amides is 1. The van der Waals surface area contributed by atoms with E-state index in [1.54, 1.807) is 10.8 Å². The van der Waals surface area contributed by atoms with Crippen molar-refractivity contribution in [1.29, 1.82) is 0 Å². The van der Waals surface area contributed by atoms with Gasteiger partial charge in [0.05, 0.1) is 0 Å². The molecule has 0 fully saturated rings. The molecule has 1 aromatic rings. The summed E-state index contributed by atoms with van der Waals surface area (Å²) in [4.78, 5) is 14.1. The fourth-order valence-corrected chi connectivity index (χ4v) is 1.34. The average molecular weight is 199 g/mol. The zero-order valence-electron chi connectivity index (χ0n) is 7.76. The average Bonchev–Trinajstić information content (AvgIpc) is 2.36. The van der Waals surface area contributed by atoms with E-state index in [0.29, 0.717) is 17.9 Å². The van der Waals surface area contributed by atoms with Crippen LogP contribution in [0.15, 0.2) is 6.20 Å². The molecule has 1 heterocycles. The maximum Gasteiger partial charge on any atom is 0.240 e. The van der Waals surface area contributed by atoms with Gasteiger partial charge in [-0.25, -0.2) is 0 Å². The smallest absolute Gasteiger partial charge is 0.240 e. The molecule has 1 aromatic heterocycles. The normalized spacial score (nSPS) is 10.0. The van der Waals surface area contributed by atoms with Crippen LogP contribution < -0.4 is 5.32 Å². The minimum Gasteiger partial charge on any atom is -0.355 e. The molecule has 0 bridgehead atoms. The second-order valence-electron chi connectivity index (χ2n) is 2.77. The molecule has 72 valence electrons. The van der Waals surface area contributed by atoms with Crippen LogP contribution in [0.5, 0.6) is 0 Å². The molecule has 4 nitrogen and oxygen atoms in total. The number of nitrogens with one attached hydrogen (secondary N) is 2. The molecule has 0 aliphatic carbocycles. The summed E-state index contributed by atoms with van der Waals surface area (Å²) in [6.45, 7) is 4.74. The summed E-state index contributed by atoms with van der Waals surface area (Å²) in [5.74, 6) is -0.0127. The van der Waals surface area contributed by atoms with Crippen molar-refractivity contribution in [3.8, 4) is 0 Å².